The molecule has 4 nitrogen and oxygen atoms in total. The molecular formula is C9H9Br2ClN2O2S. The number of aliphatic imine (C=N–C) groups is 1. The Morgan fingerprint density at radius 2 is 1.88 bits per heavy atom. The first-order chi connectivity index (χ1) is 7.75. The van der Waals surface area contributed by atoms with Crippen molar-refractivity contribution in [3.05, 3.63) is 21.1 Å². The Morgan fingerprint density at radius 1 is 1.41 bits per heavy atom. The first-order valence-corrected chi connectivity index (χ1v) is 8.35. The topological polar surface area (TPSA) is 72.5 Å². The highest BCUT2D eigenvalue weighted by molar-refractivity contribution is 9.11. The van der Waals surface area contributed by atoms with Gasteiger partial charge in [0.15, 0.2) is 9.84 Å². The third-order valence-electron chi connectivity index (χ3n) is 1.81. The maximum Gasteiger partial charge on any atom is 0.175 e. The highest BCUT2D eigenvalue weighted by Crippen LogP contribution is 2.36. The molecule has 0 heterocycles. The fraction of sp³-hybridized carbons (Fsp3) is 0.222. The molecule has 0 aromatic heterocycles. The van der Waals surface area contributed by atoms with Crippen molar-refractivity contribution in [2.75, 3.05) is 12.1 Å². The van der Waals surface area contributed by atoms with Crippen molar-refractivity contribution < 1.29 is 8.42 Å². The van der Waals surface area contributed by atoms with Crippen molar-refractivity contribution in [3.63, 3.8) is 0 Å². The van der Waals surface area contributed by atoms with Crippen LogP contribution in [0.2, 0.25) is 0 Å². The lowest BCUT2D eigenvalue weighted by Gasteiger charge is -2.06. The average Bonchev–Trinajstić information content (AvgIpc) is 2.21. The SMILES string of the molecule is CS(=O)(=O)c1cc(Br)c(N=C(N)CCl)c(Br)c1. The molecule has 0 amide bonds. The molecule has 0 atom stereocenters. The first kappa shape index (κ1) is 14.9. The Morgan fingerprint density at radius 3 is 2.24 bits per heavy atom. The fourth-order valence-electron chi connectivity index (χ4n) is 1.04. The van der Waals surface area contributed by atoms with Crippen LogP contribution in [0.3, 0.4) is 0 Å². The van der Waals surface area contributed by atoms with Gasteiger partial charge in [0, 0.05) is 15.2 Å². The molecule has 0 bridgehead atoms. The number of hydrogen-bond acceptors (Lipinski definition) is 3. The molecule has 0 aliphatic rings. The quantitative estimate of drug-likeness (QED) is 0.478. The van der Waals surface area contributed by atoms with E-state index in [1.165, 1.54) is 12.1 Å². The normalized spacial score (nSPS) is 12.8. The van der Waals surface area contributed by atoms with Crippen molar-refractivity contribution in [3.8, 4) is 0 Å². The summed E-state index contributed by atoms with van der Waals surface area (Å²) in [5.41, 5.74) is 6.03. The molecule has 0 saturated heterocycles. The van der Waals surface area contributed by atoms with E-state index in [9.17, 15) is 8.42 Å². The summed E-state index contributed by atoms with van der Waals surface area (Å²) in [6.07, 6.45) is 1.14. The zero-order valence-electron chi connectivity index (χ0n) is 8.75. The van der Waals surface area contributed by atoms with Gasteiger partial charge in [-0.25, -0.2) is 13.4 Å². The van der Waals surface area contributed by atoms with Crippen LogP contribution < -0.4 is 5.73 Å². The molecule has 1 rings (SSSR count). The number of nitrogens with two attached hydrogens (primary N) is 1. The van der Waals surface area contributed by atoms with Gasteiger partial charge in [0.05, 0.1) is 16.5 Å². The molecule has 0 aliphatic carbocycles. The van der Waals surface area contributed by atoms with E-state index >= 15 is 0 Å². The third-order valence-corrected chi connectivity index (χ3v) is 4.39. The van der Waals surface area contributed by atoms with E-state index in [1.807, 2.05) is 0 Å². The number of benzene rings is 1. The summed E-state index contributed by atoms with van der Waals surface area (Å²) in [4.78, 5) is 4.27. The highest BCUT2D eigenvalue weighted by Gasteiger charge is 2.13. The minimum atomic E-state index is -3.26. The smallest absolute Gasteiger partial charge is 0.175 e. The molecule has 0 fully saturated rings. The molecule has 2 N–H and O–H groups in total. The van der Waals surface area contributed by atoms with Crippen molar-refractivity contribution in [1.29, 1.82) is 0 Å². The first-order valence-electron chi connectivity index (χ1n) is 4.34. The van der Waals surface area contributed by atoms with Crippen LogP contribution in [0.5, 0.6) is 0 Å². The summed E-state index contributed by atoms with van der Waals surface area (Å²) < 4.78 is 23.9. The molecule has 0 saturated carbocycles. The minimum absolute atomic E-state index is 0.104. The van der Waals surface area contributed by atoms with E-state index in [-0.39, 0.29) is 16.6 Å². The largest absolute Gasteiger partial charge is 0.386 e. The second-order valence-electron chi connectivity index (χ2n) is 3.24. The molecule has 8 heteroatoms. The van der Waals surface area contributed by atoms with Gasteiger partial charge < -0.3 is 5.73 Å². The fourth-order valence-corrected chi connectivity index (χ4v) is 3.43. The number of halogens is 3. The Balaban J connectivity index is 3.40. The monoisotopic (exact) mass is 402 g/mol. The van der Waals surface area contributed by atoms with E-state index in [1.54, 1.807) is 0 Å². The molecule has 1 aromatic carbocycles. The van der Waals surface area contributed by atoms with Crippen LogP contribution in [-0.2, 0) is 9.84 Å². The minimum Gasteiger partial charge on any atom is -0.386 e. The van der Waals surface area contributed by atoms with Crippen molar-refractivity contribution in [1.82, 2.24) is 0 Å². The summed E-state index contributed by atoms with van der Waals surface area (Å²) in [6, 6.07) is 2.95. The van der Waals surface area contributed by atoms with Gasteiger partial charge in [0.25, 0.3) is 0 Å². The lowest BCUT2D eigenvalue weighted by Crippen LogP contribution is -2.12. The van der Waals surface area contributed by atoms with Crippen molar-refractivity contribution in [2.45, 2.75) is 4.90 Å². The second-order valence-corrected chi connectivity index (χ2v) is 7.24. The van der Waals surface area contributed by atoms with Gasteiger partial charge in [-0.1, -0.05) is 0 Å². The Labute approximate surface area is 121 Å². The van der Waals surface area contributed by atoms with Gasteiger partial charge in [-0.05, 0) is 44.0 Å². The lowest BCUT2D eigenvalue weighted by atomic mass is 10.3. The van der Waals surface area contributed by atoms with Crippen LogP contribution in [0.1, 0.15) is 0 Å². The second kappa shape index (κ2) is 5.69. The van der Waals surface area contributed by atoms with Crippen LogP contribution in [0.15, 0.2) is 31.0 Å². The molecule has 0 spiro atoms. The van der Waals surface area contributed by atoms with Crippen LogP contribution in [0, 0.1) is 0 Å². The Bertz CT molecular complexity index is 549. The van der Waals surface area contributed by atoms with E-state index < -0.39 is 9.84 Å². The predicted molar refractivity (Wildman–Crippen MR) is 77.0 cm³/mol. The lowest BCUT2D eigenvalue weighted by molar-refractivity contribution is 0.602. The summed E-state index contributed by atoms with van der Waals surface area (Å²) in [6.45, 7) is 0. The van der Waals surface area contributed by atoms with Gasteiger partial charge in [-0.2, -0.15) is 0 Å². The van der Waals surface area contributed by atoms with E-state index in [2.05, 4.69) is 36.9 Å². The maximum absolute atomic E-state index is 11.4. The molecule has 17 heavy (non-hydrogen) atoms. The van der Waals surface area contributed by atoms with Crippen molar-refractivity contribution >= 4 is 64.8 Å². The number of rotatable bonds is 3. The predicted octanol–water partition coefficient (Wildman–Crippen LogP) is 2.84. The van der Waals surface area contributed by atoms with E-state index in [0.29, 0.717) is 14.6 Å². The number of sulfone groups is 1. The summed E-state index contributed by atoms with van der Waals surface area (Å²) in [5, 5.41) is 0. The van der Waals surface area contributed by atoms with Crippen LogP contribution >= 0.6 is 43.5 Å². The number of amidine groups is 1. The summed E-state index contributed by atoms with van der Waals surface area (Å²) >= 11 is 12.0. The molecule has 0 aliphatic heterocycles. The zero-order valence-corrected chi connectivity index (χ0v) is 13.5. The zero-order chi connectivity index (χ0) is 13.2. The molecule has 94 valence electrons. The highest BCUT2D eigenvalue weighted by atomic mass is 79.9. The van der Waals surface area contributed by atoms with E-state index in [0.717, 1.165) is 6.26 Å². The van der Waals surface area contributed by atoms with Crippen LogP contribution in [0.4, 0.5) is 5.69 Å². The Kier molecular flexibility index (Phi) is 5.00. The number of alkyl halides is 1. The van der Waals surface area contributed by atoms with Crippen LogP contribution in [0.25, 0.3) is 0 Å². The summed E-state index contributed by atoms with van der Waals surface area (Å²) in [5.74, 6) is 0.354. The molecule has 0 unspecified atom stereocenters. The number of hydrogen-bond donors (Lipinski definition) is 1. The average molecular weight is 405 g/mol. The number of nitrogens with zero attached hydrogens (tertiary/aromatic N) is 1. The third kappa shape index (κ3) is 3.94. The van der Waals surface area contributed by atoms with Gasteiger partial charge in [-0.3, -0.25) is 0 Å². The van der Waals surface area contributed by atoms with E-state index in [4.69, 9.17) is 17.3 Å². The Hall–Kier alpha value is -0.110. The maximum atomic E-state index is 11.4. The van der Waals surface area contributed by atoms with Crippen molar-refractivity contribution in [2.24, 2.45) is 10.7 Å². The molecule has 1 aromatic rings. The van der Waals surface area contributed by atoms with Gasteiger partial charge in [0.1, 0.15) is 5.84 Å². The summed E-state index contributed by atoms with van der Waals surface area (Å²) in [7, 11) is -3.26. The van der Waals surface area contributed by atoms with Gasteiger partial charge >= 0.3 is 0 Å². The standard InChI is InChI=1S/C9H9Br2ClN2O2S/c1-17(15,16)5-2-6(10)9(7(11)3-5)14-8(13)4-12/h2-3H,4H2,1H3,(H2,13,14). The van der Waals surface area contributed by atoms with Gasteiger partial charge in [-0.15, -0.1) is 11.6 Å². The molecular weight excluding hydrogens is 395 g/mol. The molecule has 0 radical (unpaired) electrons. The van der Waals surface area contributed by atoms with Gasteiger partial charge in [0.2, 0.25) is 0 Å². The van der Waals surface area contributed by atoms with Crippen LogP contribution in [-0.4, -0.2) is 26.4 Å².